The van der Waals surface area contributed by atoms with Gasteiger partial charge < -0.3 is 14.6 Å². The smallest absolute Gasteiger partial charge is 0.191 e. The standard InChI is InChI=1S/C18H28N6OS/c1-2-23-10-7-15(22-23)13-26-18-21-20-17(14-5-8-19-9-6-14)24(18)12-16-4-3-11-25-16/h7,10,14,16,19H,2-6,8-9,11-13H2,1H3. The molecule has 142 valence electrons. The third-order valence-corrected chi connectivity index (χ3v) is 6.23. The number of aromatic nitrogens is 5. The molecule has 4 rings (SSSR count). The quantitative estimate of drug-likeness (QED) is 0.749. The molecule has 2 saturated heterocycles. The van der Waals surface area contributed by atoms with Gasteiger partial charge in [-0.2, -0.15) is 5.10 Å². The normalized spacial score (nSPS) is 21.5. The molecular weight excluding hydrogens is 348 g/mol. The molecule has 2 aromatic rings. The van der Waals surface area contributed by atoms with Crippen molar-refractivity contribution in [1.29, 1.82) is 0 Å². The molecule has 0 spiro atoms. The average Bonchev–Trinajstić information content (AvgIpc) is 3.42. The van der Waals surface area contributed by atoms with Crippen LogP contribution in [0.5, 0.6) is 0 Å². The highest BCUT2D eigenvalue weighted by Gasteiger charge is 2.26. The Balaban J connectivity index is 1.50. The van der Waals surface area contributed by atoms with E-state index in [0.29, 0.717) is 12.0 Å². The second-order valence-corrected chi connectivity index (χ2v) is 8.00. The highest BCUT2D eigenvalue weighted by atomic mass is 32.2. The van der Waals surface area contributed by atoms with Gasteiger partial charge in [0.1, 0.15) is 5.82 Å². The number of hydrogen-bond acceptors (Lipinski definition) is 6. The molecule has 2 fully saturated rings. The van der Waals surface area contributed by atoms with Gasteiger partial charge in [-0.15, -0.1) is 10.2 Å². The van der Waals surface area contributed by atoms with E-state index in [1.54, 1.807) is 11.8 Å². The minimum atomic E-state index is 0.296. The van der Waals surface area contributed by atoms with Crippen LogP contribution < -0.4 is 5.32 Å². The monoisotopic (exact) mass is 376 g/mol. The van der Waals surface area contributed by atoms with Gasteiger partial charge in [-0.05, 0) is 51.8 Å². The molecule has 0 saturated carbocycles. The van der Waals surface area contributed by atoms with Crippen molar-refractivity contribution in [2.45, 2.75) is 68.6 Å². The molecule has 2 aliphatic rings. The molecule has 0 radical (unpaired) electrons. The first-order chi connectivity index (χ1) is 12.8. The summed E-state index contributed by atoms with van der Waals surface area (Å²) in [4.78, 5) is 0. The second-order valence-electron chi connectivity index (χ2n) is 7.06. The fourth-order valence-electron chi connectivity index (χ4n) is 3.75. The first-order valence-electron chi connectivity index (χ1n) is 9.74. The van der Waals surface area contributed by atoms with Crippen LogP contribution in [0.15, 0.2) is 17.4 Å². The van der Waals surface area contributed by atoms with Crippen molar-refractivity contribution in [2.75, 3.05) is 19.7 Å². The van der Waals surface area contributed by atoms with E-state index in [-0.39, 0.29) is 0 Å². The van der Waals surface area contributed by atoms with Crippen molar-refractivity contribution in [2.24, 2.45) is 0 Å². The largest absolute Gasteiger partial charge is 0.376 e. The summed E-state index contributed by atoms with van der Waals surface area (Å²) in [7, 11) is 0. The molecule has 2 aromatic heterocycles. The summed E-state index contributed by atoms with van der Waals surface area (Å²) in [5.74, 6) is 2.46. The number of rotatable bonds is 7. The van der Waals surface area contributed by atoms with Gasteiger partial charge in [-0.1, -0.05) is 11.8 Å². The van der Waals surface area contributed by atoms with Crippen LogP contribution in [0, 0.1) is 0 Å². The first kappa shape index (κ1) is 18.0. The molecule has 4 heterocycles. The molecule has 1 unspecified atom stereocenters. The summed E-state index contributed by atoms with van der Waals surface area (Å²) in [6, 6.07) is 2.09. The maximum atomic E-state index is 5.89. The van der Waals surface area contributed by atoms with Gasteiger partial charge in [0.15, 0.2) is 5.16 Å². The van der Waals surface area contributed by atoms with Gasteiger partial charge in [0.2, 0.25) is 0 Å². The zero-order valence-electron chi connectivity index (χ0n) is 15.4. The lowest BCUT2D eigenvalue weighted by atomic mass is 9.97. The Morgan fingerprint density at radius 3 is 2.88 bits per heavy atom. The van der Waals surface area contributed by atoms with E-state index in [9.17, 15) is 0 Å². The fraction of sp³-hybridized carbons (Fsp3) is 0.722. The van der Waals surface area contributed by atoms with Crippen LogP contribution in [-0.2, 0) is 23.6 Å². The summed E-state index contributed by atoms with van der Waals surface area (Å²) in [5.41, 5.74) is 1.09. The summed E-state index contributed by atoms with van der Waals surface area (Å²) < 4.78 is 10.2. The van der Waals surface area contributed by atoms with Crippen molar-refractivity contribution in [3.8, 4) is 0 Å². The molecule has 1 N–H and O–H groups in total. The molecule has 0 bridgehead atoms. The Morgan fingerprint density at radius 2 is 2.15 bits per heavy atom. The third kappa shape index (κ3) is 4.13. The first-order valence-corrected chi connectivity index (χ1v) is 10.7. The maximum Gasteiger partial charge on any atom is 0.191 e. The number of hydrogen-bond donors (Lipinski definition) is 1. The van der Waals surface area contributed by atoms with Crippen LogP contribution >= 0.6 is 11.8 Å². The van der Waals surface area contributed by atoms with E-state index in [2.05, 4.69) is 38.2 Å². The number of aryl methyl sites for hydroxylation is 1. The number of nitrogens with one attached hydrogen (secondary N) is 1. The van der Waals surface area contributed by atoms with Gasteiger partial charge >= 0.3 is 0 Å². The van der Waals surface area contributed by atoms with Crippen LogP contribution in [0.4, 0.5) is 0 Å². The molecule has 1 atom stereocenters. The van der Waals surface area contributed by atoms with Crippen molar-refractivity contribution in [3.05, 3.63) is 23.8 Å². The van der Waals surface area contributed by atoms with E-state index < -0.39 is 0 Å². The van der Waals surface area contributed by atoms with Gasteiger partial charge in [0.05, 0.1) is 18.3 Å². The van der Waals surface area contributed by atoms with Crippen LogP contribution in [0.2, 0.25) is 0 Å². The minimum absolute atomic E-state index is 0.296. The van der Waals surface area contributed by atoms with Gasteiger partial charge in [-0.3, -0.25) is 4.68 Å². The highest BCUT2D eigenvalue weighted by molar-refractivity contribution is 7.98. The van der Waals surface area contributed by atoms with Crippen LogP contribution in [0.1, 0.15) is 50.0 Å². The Bertz CT molecular complexity index is 702. The maximum absolute atomic E-state index is 5.89. The number of piperidine rings is 1. The zero-order chi connectivity index (χ0) is 17.8. The lowest BCUT2D eigenvalue weighted by Gasteiger charge is -2.23. The molecule has 2 aliphatic heterocycles. The Labute approximate surface area is 158 Å². The average molecular weight is 377 g/mol. The topological polar surface area (TPSA) is 69.8 Å². The van der Waals surface area contributed by atoms with Crippen molar-refractivity contribution >= 4 is 11.8 Å². The lowest BCUT2D eigenvalue weighted by molar-refractivity contribution is 0.0936. The van der Waals surface area contributed by atoms with Crippen molar-refractivity contribution < 1.29 is 4.74 Å². The van der Waals surface area contributed by atoms with E-state index in [1.165, 1.54) is 0 Å². The van der Waals surface area contributed by atoms with E-state index in [1.807, 2.05) is 10.9 Å². The highest BCUT2D eigenvalue weighted by Crippen LogP contribution is 2.30. The molecule has 0 aliphatic carbocycles. The summed E-state index contributed by atoms with van der Waals surface area (Å²) in [5, 5.41) is 18.2. The second kappa shape index (κ2) is 8.54. The molecule has 7 nitrogen and oxygen atoms in total. The third-order valence-electron chi connectivity index (χ3n) is 5.23. The molecule has 0 amide bonds. The minimum Gasteiger partial charge on any atom is -0.376 e. The predicted octanol–water partition coefficient (Wildman–Crippen LogP) is 2.43. The Hall–Kier alpha value is -1.38. The molecular formula is C18H28N6OS. The molecule has 8 heteroatoms. The van der Waals surface area contributed by atoms with E-state index >= 15 is 0 Å². The van der Waals surface area contributed by atoms with E-state index in [4.69, 9.17) is 4.74 Å². The Kier molecular flexibility index (Phi) is 5.91. The van der Waals surface area contributed by atoms with Crippen LogP contribution in [-0.4, -0.2) is 50.3 Å². The van der Waals surface area contributed by atoms with Crippen LogP contribution in [0.3, 0.4) is 0 Å². The number of nitrogens with zero attached hydrogens (tertiary/aromatic N) is 5. The number of thioether (sulfide) groups is 1. The zero-order valence-corrected chi connectivity index (χ0v) is 16.2. The van der Waals surface area contributed by atoms with Gasteiger partial charge in [-0.25, -0.2) is 0 Å². The summed E-state index contributed by atoms with van der Waals surface area (Å²) in [6.45, 7) is 6.89. The fourth-order valence-corrected chi connectivity index (χ4v) is 4.60. The molecule has 26 heavy (non-hydrogen) atoms. The van der Waals surface area contributed by atoms with Gasteiger partial charge in [0, 0.05) is 31.0 Å². The summed E-state index contributed by atoms with van der Waals surface area (Å²) >= 11 is 1.73. The lowest BCUT2D eigenvalue weighted by Crippen LogP contribution is -2.29. The van der Waals surface area contributed by atoms with Crippen molar-refractivity contribution in [1.82, 2.24) is 29.9 Å². The van der Waals surface area contributed by atoms with Gasteiger partial charge in [0.25, 0.3) is 0 Å². The SMILES string of the molecule is CCn1ccc(CSc2nnc(C3CCNCC3)n2CC2CCCO2)n1. The molecule has 0 aromatic carbocycles. The summed E-state index contributed by atoms with van der Waals surface area (Å²) in [6.07, 6.45) is 6.89. The van der Waals surface area contributed by atoms with Crippen molar-refractivity contribution in [3.63, 3.8) is 0 Å². The number of ether oxygens (including phenoxy) is 1. The van der Waals surface area contributed by atoms with Crippen LogP contribution in [0.25, 0.3) is 0 Å². The van der Waals surface area contributed by atoms with E-state index in [0.717, 1.165) is 80.9 Å². The predicted molar refractivity (Wildman–Crippen MR) is 101 cm³/mol. The Morgan fingerprint density at radius 1 is 1.27 bits per heavy atom.